The third-order valence-electron chi connectivity index (χ3n) is 6.83. The van der Waals surface area contributed by atoms with Gasteiger partial charge in [-0.15, -0.1) is 0 Å². The van der Waals surface area contributed by atoms with Gasteiger partial charge in [0.2, 0.25) is 0 Å². The molecule has 154 valence electrons. The van der Waals surface area contributed by atoms with Crippen LogP contribution in [0.15, 0.2) is 23.8 Å². The van der Waals surface area contributed by atoms with Gasteiger partial charge in [-0.25, -0.2) is 0 Å². The fraction of sp³-hybridized carbons (Fsp3) is 0.789. The average molecular weight is 398 g/mol. The lowest BCUT2D eigenvalue weighted by Gasteiger charge is -2.44. The second kappa shape index (κ2) is 6.24. The summed E-state index contributed by atoms with van der Waals surface area (Å²) in [6.45, 7) is 2.05. The van der Waals surface area contributed by atoms with Crippen molar-refractivity contribution in [3.05, 3.63) is 23.8 Å². The highest BCUT2D eigenvalue weighted by Gasteiger charge is 2.69. The van der Waals surface area contributed by atoms with E-state index >= 15 is 0 Å². The number of halogens is 6. The van der Waals surface area contributed by atoms with Gasteiger partial charge in [-0.1, -0.05) is 24.6 Å². The smallest absolute Gasteiger partial charge is 0.393 e. The summed E-state index contributed by atoms with van der Waals surface area (Å²) in [4.78, 5) is 0. The summed E-state index contributed by atoms with van der Waals surface area (Å²) in [5.74, 6) is 0.0602. The fourth-order valence-electron chi connectivity index (χ4n) is 5.08. The topological polar surface area (TPSA) is 40.5 Å². The number of alkyl halides is 6. The zero-order valence-corrected chi connectivity index (χ0v) is 15.0. The molecule has 3 aliphatic rings. The van der Waals surface area contributed by atoms with E-state index in [4.69, 9.17) is 0 Å². The molecule has 0 heterocycles. The summed E-state index contributed by atoms with van der Waals surface area (Å²) in [6.07, 6.45) is -4.88. The predicted octanol–water partition coefficient (Wildman–Crippen LogP) is 5.07. The minimum atomic E-state index is -5.84. The Balaban J connectivity index is 1.79. The molecule has 3 rings (SSSR count). The van der Waals surface area contributed by atoms with E-state index in [0.29, 0.717) is 19.3 Å². The molecular formula is C19H24F6O2. The van der Waals surface area contributed by atoms with Crippen LogP contribution >= 0.6 is 0 Å². The maximum Gasteiger partial charge on any atom is 0.429 e. The van der Waals surface area contributed by atoms with Crippen LogP contribution in [0.4, 0.5) is 26.3 Å². The second-order valence-corrected chi connectivity index (χ2v) is 8.49. The van der Waals surface area contributed by atoms with Crippen molar-refractivity contribution in [3.63, 3.8) is 0 Å². The van der Waals surface area contributed by atoms with Crippen LogP contribution in [-0.4, -0.2) is 34.3 Å². The van der Waals surface area contributed by atoms with E-state index in [1.807, 2.05) is 13.0 Å². The summed E-state index contributed by atoms with van der Waals surface area (Å²) in [7, 11) is 0. The van der Waals surface area contributed by atoms with Gasteiger partial charge < -0.3 is 10.2 Å². The third kappa shape index (κ3) is 3.22. The van der Waals surface area contributed by atoms with Crippen molar-refractivity contribution in [2.75, 3.05) is 0 Å². The maximum absolute atomic E-state index is 12.8. The molecule has 0 bridgehead atoms. The lowest BCUT2D eigenvalue weighted by molar-refractivity contribution is -0.347. The van der Waals surface area contributed by atoms with Crippen molar-refractivity contribution in [3.8, 4) is 0 Å². The number of aliphatic hydroxyl groups is 2. The van der Waals surface area contributed by atoms with Gasteiger partial charge in [-0.3, -0.25) is 0 Å². The second-order valence-electron chi connectivity index (χ2n) is 8.49. The minimum Gasteiger partial charge on any atom is -0.393 e. The SMILES string of the molecule is C[C@@]12CCC[C@H](O)[C@@H]1CC=C2C1(C/C=C/C(O)(C(F)(F)F)C(F)(F)F)CC1. The first-order chi connectivity index (χ1) is 12.3. The van der Waals surface area contributed by atoms with Crippen LogP contribution in [0.2, 0.25) is 0 Å². The molecule has 0 aromatic heterocycles. The Kier molecular flexibility index (Phi) is 4.79. The molecule has 27 heavy (non-hydrogen) atoms. The fourth-order valence-corrected chi connectivity index (χ4v) is 5.08. The molecule has 0 saturated heterocycles. The monoisotopic (exact) mass is 398 g/mol. The van der Waals surface area contributed by atoms with Crippen LogP contribution in [-0.2, 0) is 0 Å². The summed E-state index contributed by atoms with van der Waals surface area (Å²) in [6, 6.07) is 0. The number of allylic oxidation sites excluding steroid dienone is 3. The molecule has 0 radical (unpaired) electrons. The largest absolute Gasteiger partial charge is 0.429 e. The van der Waals surface area contributed by atoms with E-state index in [-0.39, 0.29) is 23.8 Å². The van der Waals surface area contributed by atoms with Crippen molar-refractivity contribution < 1.29 is 36.6 Å². The minimum absolute atomic E-state index is 0.0196. The molecule has 8 heteroatoms. The van der Waals surface area contributed by atoms with Gasteiger partial charge >= 0.3 is 12.4 Å². The maximum atomic E-state index is 12.8. The van der Waals surface area contributed by atoms with Gasteiger partial charge in [0, 0.05) is 0 Å². The molecule has 0 aromatic carbocycles. The molecule has 2 saturated carbocycles. The molecule has 0 unspecified atom stereocenters. The molecule has 0 amide bonds. The van der Waals surface area contributed by atoms with E-state index in [1.165, 1.54) is 0 Å². The summed E-state index contributed by atoms with van der Waals surface area (Å²) in [5.41, 5.74) is -4.49. The number of fused-ring (bicyclic) bond motifs is 1. The molecule has 2 N–H and O–H groups in total. The highest BCUT2D eigenvalue weighted by molar-refractivity contribution is 5.35. The van der Waals surface area contributed by atoms with Crippen LogP contribution in [0, 0.1) is 16.7 Å². The molecule has 0 spiro atoms. The first-order valence-electron chi connectivity index (χ1n) is 9.20. The van der Waals surface area contributed by atoms with Gasteiger partial charge in [0.15, 0.2) is 0 Å². The third-order valence-corrected chi connectivity index (χ3v) is 6.83. The standard InChI is InChI=1S/C19H24F6O2/c1-15-7-2-4-13(26)12(15)5-6-14(15)16(10-11-16)8-3-9-17(27,18(20,21)22)19(23,24)25/h3,6,9,12-13,26-27H,2,4-5,7-8,10-11H2,1H3/b9-3+/t12-,13-,15+/m0/s1. The predicted molar refractivity (Wildman–Crippen MR) is 86.6 cm³/mol. The Labute approximate surface area is 153 Å². The van der Waals surface area contributed by atoms with Crippen molar-refractivity contribution in [2.45, 2.75) is 75.9 Å². The van der Waals surface area contributed by atoms with Crippen molar-refractivity contribution in [1.82, 2.24) is 0 Å². The highest BCUT2D eigenvalue weighted by atomic mass is 19.4. The van der Waals surface area contributed by atoms with E-state index in [9.17, 15) is 36.6 Å². The quantitative estimate of drug-likeness (QED) is 0.513. The molecule has 0 aromatic rings. The number of hydrogen-bond donors (Lipinski definition) is 2. The summed E-state index contributed by atoms with van der Waals surface area (Å²) >= 11 is 0. The van der Waals surface area contributed by atoms with Crippen LogP contribution in [0.1, 0.15) is 51.9 Å². The zero-order chi connectivity index (χ0) is 20.3. The molecule has 0 aliphatic heterocycles. The Morgan fingerprint density at radius 2 is 1.70 bits per heavy atom. The number of rotatable bonds is 4. The van der Waals surface area contributed by atoms with E-state index < -0.39 is 29.5 Å². The highest BCUT2D eigenvalue weighted by Crippen LogP contribution is 2.66. The van der Waals surface area contributed by atoms with E-state index in [2.05, 4.69) is 0 Å². The van der Waals surface area contributed by atoms with Crippen LogP contribution < -0.4 is 0 Å². The van der Waals surface area contributed by atoms with Gasteiger partial charge in [0.05, 0.1) is 6.10 Å². The Bertz CT molecular complexity index is 630. The van der Waals surface area contributed by atoms with Crippen molar-refractivity contribution in [2.24, 2.45) is 16.7 Å². The van der Waals surface area contributed by atoms with Crippen LogP contribution in [0.25, 0.3) is 0 Å². The van der Waals surface area contributed by atoms with Crippen LogP contribution in [0.3, 0.4) is 0 Å². The molecule has 3 atom stereocenters. The number of aliphatic hydroxyl groups excluding tert-OH is 1. The van der Waals surface area contributed by atoms with Crippen molar-refractivity contribution >= 4 is 0 Å². The molecule has 3 aliphatic carbocycles. The molecule has 2 nitrogen and oxygen atoms in total. The van der Waals surface area contributed by atoms with Gasteiger partial charge in [-0.05, 0) is 67.8 Å². The summed E-state index contributed by atoms with van der Waals surface area (Å²) < 4.78 is 76.8. The van der Waals surface area contributed by atoms with E-state index in [1.54, 1.807) is 0 Å². The first-order valence-corrected chi connectivity index (χ1v) is 9.20. The van der Waals surface area contributed by atoms with Crippen LogP contribution in [0.5, 0.6) is 0 Å². The van der Waals surface area contributed by atoms with Gasteiger partial charge in [-0.2, -0.15) is 26.3 Å². The Morgan fingerprint density at radius 1 is 1.11 bits per heavy atom. The first kappa shape index (κ1) is 20.7. The Hall–Kier alpha value is -1.02. The normalized spacial score (nSPS) is 33.9. The zero-order valence-electron chi connectivity index (χ0n) is 15.0. The van der Waals surface area contributed by atoms with Gasteiger partial charge in [0.1, 0.15) is 0 Å². The van der Waals surface area contributed by atoms with E-state index in [0.717, 1.165) is 30.9 Å². The number of hydrogen-bond acceptors (Lipinski definition) is 2. The van der Waals surface area contributed by atoms with Crippen molar-refractivity contribution in [1.29, 1.82) is 0 Å². The average Bonchev–Trinajstić information content (AvgIpc) is 3.19. The lowest BCUT2D eigenvalue weighted by Crippen LogP contribution is -2.55. The lowest BCUT2D eigenvalue weighted by atomic mass is 9.62. The Morgan fingerprint density at radius 3 is 2.22 bits per heavy atom. The molecular weight excluding hydrogens is 374 g/mol. The van der Waals surface area contributed by atoms with Gasteiger partial charge in [0.25, 0.3) is 5.60 Å². The molecule has 2 fully saturated rings. The summed E-state index contributed by atoms with van der Waals surface area (Å²) in [5, 5.41) is 19.5.